The van der Waals surface area contributed by atoms with Gasteiger partial charge in [-0.3, -0.25) is 10.1 Å². The van der Waals surface area contributed by atoms with Crippen molar-refractivity contribution in [2.75, 3.05) is 7.05 Å². The van der Waals surface area contributed by atoms with Gasteiger partial charge in [-0.2, -0.15) is 0 Å². The first kappa shape index (κ1) is 16.0. The Morgan fingerprint density at radius 2 is 1.84 bits per heavy atom. The number of imide groups is 1. The predicted molar refractivity (Wildman–Crippen MR) is 75.9 cm³/mol. The van der Waals surface area contributed by atoms with Crippen LogP contribution in [-0.4, -0.2) is 31.1 Å². The molecule has 3 amide bonds. The summed E-state index contributed by atoms with van der Waals surface area (Å²) in [5.41, 5.74) is 0. The van der Waals surface area contributed by atoms with Crippen molar-refractivity contribution in [1.82, 2.24) is 16.0 Å². The van der Waals surface area contributed by atoms with E-state index in [9.17, 15) is 9.59 Å². The van der Waals surface area contributed by atoms with Crippen molar-refractivity contribution >= 4 is 11.9 Å². The van der Waals surface area contributed by atoms with Gasteiger partial charge < -0.3 is 10.6 Å². The van der Waals surface area contributed by atoms with Crippen LogP contribution in [0.3, 0.4) is 0 Å². The lowest BCUT2D eigenvalue weighted by Gasteiger charge is -2.30. The largest absolute Gasteiger partial charge is 0.341 e. The second-order valence-electron chi connectivity index (χ2n) is 5.46. The van der Waals surface area contributed by atoms with Crippen LogP contribution in [0.1, 0.15) is 52.4 Å². The maximum atomic E-state index is 11.7. The van der Waals surface area contributed by atoms with Gasteiger partial charge in [-0.05, 0) is 38.5 Å². The monoisotopic (exact) mass is 269 g/mol. The minimum atomic E-state index is -0.453. The zero-order valence-electron chi connectivity index (χ0n) is 12.3. The van der Waals surface area contributed by atoms with Gasteiger partial charge in [0.25, 0.3) is 0 Å². The van der Waals surface area contributed by atoms with E-state index in [1.165, 1.54) is 32.7 Å². The maximum Gasteiger partial charge on any atom is 0.321 e. The average molecular weight is 269 g/mol. The van der Waals surface area contributed by atoms with E-state index in [0.29, 0.717) is 6.04 Å². The molecule has 1 aliphatic carbocycles. The van der Waals surface area contributed by atoms with Crippen molar-refractivity contribution in [1.29, 1.82) is 0 Å². The molecular formula is C14H27N3O2. The lowest BCUT2D eigenvalue weighted by Crippen LogP contribution is -2.50. The molecule has 0 radical (unpaired) electrons. The van der Waals surface area contributed by atoms with Gasteiger partial charge in [-0.1, -0.05) is 19.8 Å². The van der Waals surface area contributed by atoms with Gasteiger partial charge in [-0.25, -0.2) is 4.79 Å². The van der Waals surface area contributed by atoms with Gasteiger partial charge in [0, 0.05) is 13.1 Å². The summed E-state index contributed by atoms with van der Waals surface area (Å²) < 4.78 is 0. The lowest BCUT2D eigenvalue weighted by molar-refractivity contribution is -0.121. The molecule has 0 heterocycles. The predicted octanol–water partition coefficient (Wildman–Crippen LogP) is 1.78. The van der Waals surface area contributed by atoms with Crippen LogP contribution >= 0.6 is 0 Å². The molecule has 1 saturated carbocycles. The van der Waals surface area contributed by atoms with E-state index in [0.717, 1.165) is 18.8 Å². The highest BCUT2D eigenvalue weighted by Gasteiger charge is 2.24. The highest BCUT2D eigenvalue weighted by molar-refractivity contribution is 5.96. The summed E-state index contributed by atoms with van der Waals surface area (Å²) in [4.78, 5) is 22.8. The van der Waals surface area contributed by atoms with E-state index in [1.807, 2.05) is 0 Å². The Labute approximate surface area is 115 Å². The Morgan fingerprint density at radius 3 is 2.37 bits per heavy atom. The number of carbonyl (C=O) groups excluding carboxylic acids is 2. The van der Waals surface area contributed by atoms with Crippen molar-refractivity contribution in [2.24, 2.45) is 5.92 Å². The van der Waals surface area contributed by atoms with Gasteiger partial charge in [0.2, 0.25) is 5.91 Å². The second kappa shape index (κ2) is 8.15. The van der Waals surface area contributed by atoms with E-state index in [-0.39, 0.29) is 11.9 Å². The summed E-state index contributed by atoms with van der Waals surface area (Å²) >= 11 is 0. The van der Waals surface area contributed by atoms with Gasteiger partial charge in [-0.15, -0.1) is 0 Å². The first-order valence-corrected chi connectivity index (χ1v) is 7.35. The van der Waals surface area contributed by atoms with Crippen LogP contribution in [0.5, 0.6) is 0 Å². The van der Waals surface area contributed by atoms with Gasteiger partial charge in [0.05, 0.1) is 6.04 Å². The van der Waals surface area contributed by atoms with Crippen molar-refractivity contribution in [3.05, 3.63) is 0 Å². The molecule has 110 valence electrons. The fourth-order valence-corrected chi connectivity index (χ4v) is 2.74. The van der Waals surface area contributed by atoms with Crippen LogP contribution < -0.4 is 16.0 Å². The number of urea groups is 1. The standard InChI is InChI=1S/C14H27N3O2/c1-4-5-11-6-8-12(9-7-11)16-10(2)13(18)17-14(19)15-3/h10-12,16H,4-9H2,1-3H3,(H2,15,17,18,19). The van der Waals surface area contributed by atoms with E-state index in [4.69, 9.17) is 0 Å². The average Bonchev–Trinajstić information content (AvgIpc) is 2.41. The molecule has 0 aromatic carbocycles. The molecule has 0 saturated heterocycles. The Balaban J connectivity index is 2.28. The molecule has 5 heteroatoms. The molecule has 19 heavy (non-hydrogen) atoms. The molecule has 5 nitrogen and oxygen atoms in total. The molecular weight excluding hydrogens is 242 g/mol. The third kappa shape index (κ3) is 5.59. The quantitative estimate of drug-likeness (QED) is 0.712. The summed E-state index contributed by atoms with van der Waals surface area (Å²) in [7, 11) is 1.50. The zero-order chi connectivity index (χ0) is 14.3. The number of rotatable bonds is 5. The number of carbonyl (C=O) groups is 2. The number of hydrogen-bond acceptors (Lipinski definition) is 3. The molecule has 1 atom stereocenters. The van der Waals surface area contributed by atoms with E-state index in [2.05, 4.69) is 22.9 Å². The first-order valence-electron chi connectivity index (χ1n) is 7.35. The summed E-state index contributed by atoms with van der Waals surface area (Å²) in [6.07, 6.45) is 7.32. The second-order valence-corrected chi connectivity index (χ2v) is 5.46. The molecule has 0 aromatic rings. The minimum absolute atomic E-state index is 0.268. The highest BCUT2D eigenvalue weighted by Crippen LogP contribution is 2.27. The van der Waals surface area contributed by atoms with Crippen LogP contribution in [0, 0.1) is 5.92 Å². The van der Waals surface area contributed by atoms with Crippen LogP contribution in [0.4, 0.5) is 4.79 Å². The van der Waals surface area contributed by atoms with E-state index in [1.54, 1.807) is 6.92 Å². The molecule has 1 rings (SSSR count). The lowest BCUT2D eigenvalue weighted by atomic mass is 9.83. The van der Waals surface area contributed by atoms with Crippen molar-refractivity contribution in [3.8, 4) is 0 Å². The van der Waals surface area contributed by atoms with Gasteiger partial charge in [0.15, 0.2) is 0 Å². The molecule has 0 spiro atoms. The molecule has 3 N–H and O–H groups in total. The third-order valence-corrected chi connectivity index (χ3v) is 3.89. The number of nitrogens with one attached hydrogen (secondary N) is 3. The normalized spacial score (nSPS) is 24.6. The topological polar surface area (TPSA) is 70.2 Å². The fourth-order valence-electron chi connectivity index (χ4n) is 2.74. The first-order chi connectivity index (χ1) is 9.06. The summed E-state index contributed by atoms with van der Waals surface area (Å²) in [6, 6.07) is -0.381. The van der Waals surface area contributed by atoms with Gasteiger partial charge in [0.1, 0.15) is 0 Å². The van der Waals surface area contributed by atoms with Crippen molar-refractivity contribution < 1.29 is 9.59 Å². The molecule has 0 aromatic heterocycles. The van der Waals surface area contributed by atoms with Crippen LogP contribution in [0.2, 0.25) is 0 Å². The van der Waals surface area contributed by atoms with E-state index >= 15 is 0 Å². The Kier molecular flexibility index (Phi) is 6.84. The number of hydrogen-bond donors (Lipinski definition) is 3. The van der Waals surface area contributed by atoms with Crippen molar-refractivity contribution in [3.63, 3.8) is 0 Å². The summed E-state index contributed by atoms with van der Waals surface area (Å²) in [5, 5.41) is 7.99. The highest BCUT2D eigenvalue weighted by atomic mass is 16.2. The maximum absolute atomic E-state index is 11.7. The van der Waals surface area contributed by atoms with Crippen LogP contribution in [0.25, 0.3) is 0 Å². The molecule has 1 aliphatic rings. The van der Waals surface area contributed by atoms with E-state index < -0.39 is 6.03 Å². The summed E-state index contributed by atoms with van der Waals surface area (Å²) in [6.45, 7) is 4.03. The molecule has 0 aliphatic heterocycles. The Morgan fingerprint density at radius 1 is 1.21 bits per heavy atom. The molecule has 0 bridgehead atoms. The SMILES string of the molecule is CCCC1CCC(NC(C)C(=O)NC(=O)NC)CC1. The summed E-state index contributed by atoms with van der Waals surface area (Å²) in [5.74, 6) is 0.591. The van der Waals surface area contributed by atoms with Gasteiger partial charge >= 0.3 is 6.03 Å². The Hall–Kier alpha value is -1.10. The molecule has 1 unspecified atom stereocenters. The smallest absolute Gasteiger partial charge is 0.321 e. The minimum Gasteiger partial charge on any atom is -0.341 e. The number of amides is 3. The molecule has 1 fully saturated rings. The van der Waals surface area contributed by atoms with Crippen molar-refractivity contribution in [2.45, 2.75) is 64.5 Å². The van der Waals surface area contributed by atoms with Crippen LogP contribution in [-0.2, 0) is 4.79 Å². The Bertz CT molecular complexity index is 299. The fraction of sp³-hybridized carbons (Fsp3) is 0.857. The zero-order valence-corrected chi connectivity index (χ0v) is 12.3. The van der Waals surface area contributed by atoms with Crippen LogP contribution in [0.15, 0.2) is 0 Å². The third-order valence-electron chi connectivity index (χ3n) is 3.89.